The Balaban J connectivity index is 5.64. The number of hydrogen-bond donors (Lipinski definition) is 3. The molecule has 0 bridgehead atoms. The van der Waals surface area contributed by atoms with Crippen LogP contribution in [-0.4, -0.2) is 60.0 Å². The molecule has 0 unspecified atom stereocenters. The second kappa shape index (κ2) is 9.78. The molecule has 3 N–H and O–H groups in total. The van der Waals surface area contributed by atoms with Crippen molar-refractivity contribution in [1.82, 2.24) is 15.5 Å². The zero-order valence-electron chi connectivity index (χ0n) is 16.3. The lowest BCUT2D eigenvalue weighted by atomic mass is 9.85. The third kappa shape index (κ3) is 6.37. The molecular weight excluding hydrogens is 334 g/mol. The number of terminal acetylenes is 1. The minimum Gasteiger partial charge on any atom is -0.478 e. The highest BCUT2D eigenvalue weighted by molar-refractivity contribution is 5.91. The largest absolute Gasteiger partial charge is 0.478 e. The van der Waals surface area contributed by atoms with Crippen molar-refractivity contribution in [2.24, 2.45) is 5.41 Å². The number of carbonyl (C=O) groups is 3. The summed E-state index contributed by atoms with van der Waals surface area (Å²) in [6.45, 7) is 10.4. The highest BCUT2D eigenvalue weighted by Gasteiger charge is 2.36. The standard InChI is InChI=1S/C19H29N3O4/c1-9-13(11-12(3)18(25)26)22(8)17(24)15(19(4,5)6)21-16(23)14(10-2)20-7/h1,10-11,13-15,20H,2H2,3-8H3,(H,21,23)(H,25,26)/b12-11+/t13-,14+,15+/m0/s1. The van der Waals surface area contributed by atoms with Gasteiger partial charge in [0.2, 0.25) is 11.8 Å². The average Bonchev–Trinajstić information content (AvgIpc) is 2.55. The SMILES string of the molecule is C#C[C@@H](/C=C(\C)C(=O)O)N(C)C(=O)[C@@H](NC(=O)[C@@H](C=C)NC)C(C)(C)C. The summed E-state index contributed by atoms with van der Waals surface area (Å²) in [6, 6.07) is -2.35. The summed E-state index contributed by atoms with van der Waals surface area (Å²) in [4.78, 5) is 37.6. The van der Waals surface area contributed by atoms with Crippen LogP contribution < -0.4 is 10.6 Å². The Morgan fingerprint density at radius 1 is 1.31 bits per heavy atom. The molecule has 0 aromatic rings. The third-order valence-corrected chi connectivity index (χ3v) is 3.91. The van der Waals surface area contributed by atoms with Crippen molar-refractivity contribution in [3.63, 3.8) is 0 Å². The van der Waals surface area contributed by atoms with Gasteiger partial charge in [-0.1, -0.05) is 32.8 Å². The summed E-state index contributed by atoms with van der Waals surface area (Å²) >= 11 is 0. The first-order valence-corrected chi connectivity index (χ1v) is 8.15. The zero-order valence-corrected chi connectivity index (χ0v) is 16.3. The molecule has 0 saturated carbocycles. The maximum atomic E-state index is 13.0. The summed E-state index contributed by atoms with van der Waals surface area (Å²) in [5.74, 6) is 0.477. The Labute approximate surface area is 155 Å². The van der Waals surface area contributed by atoms with Crippen molar-refractivity contribution in [1.29, 1.82) is 0 Å². The summed E-state index contributed by atoms with van der Waals surface area (Å²) in [5.41, 5.74) is -0.559. The number of nitrogens with zero attached hydrogens (tertiary/aromatic N) is 1. The van der Waals surface area contributed by atoms with Crippen LogP contribution in [0, 0.1) is 17.8 Å². The van der Waals surface area contributed by atoms with E-state index in [1.807, 2.05) is 20.8 Å². The molecule has 144 valence electrons. The lowest BCUT2D eigenvalue weighted by Crippen LogP contribution is -2.58. The van der Waals surface area contributed by atoms with Gasteiger partial charge in [-0.2, -0.15) is 0 Å². The number of likely N-dealkylation sites (N-methyl/N-ethyl adjacent to an activating group) is 2. The average molecular weight is 363 g/mol. The fraction of sp³-hybridized carbons (Fsp3) is 0.526. The number of carboxylic acid groups (broad SMARTS) is 1. The second-order valence-corrected chi connectivity index (χ2v) is 7.03. The van der Waals surface area contributed by atoms with E-state index in [2.05, 4.69) is 23.1 Å². The molecular formula is C19H29N3O4. The Morgan fingerprint density at radius 2 is 1.85 bits per heavy atom. The predicted octanol–water partition coefficient (Wildman–Crippen LogP) is 0.782. The smallest absolute Gasteiger partial charge is 0.331 e. The van der Waals surface area contributed by atoms with E-state index in [0.29, 0.717) is 0 Å². The van der Waals surface area contributed by atoms with Crippen LogP contribution in [0.1, 0.15) is 27.7 Å². The van der Waals surface area contributed by atoms with Gasteiger partial charge in [0.05, 0.1) is 0 Å². The topological polar surface area (TPSA) is 98.7 Å². The molecule has 0 aliphatic rings. The second-order valence-electron chi connectivity index (χ2n) is 7.03. The van der Waals surface area contributed by atoms with Gasteiger partial charge in [0.15, 0.2) is 0 Å². The molecule has 0 aliphatic carbocycles. The van der Waals surface area contributed by atoms with Crippen LogP contribution in [0.2, 0.25) is 0 Å². The molecule has 26 heavy (non-hydrogen) atoms. The third-order valence-electron chi connectivity index (χ3n) is 3.91. The minimum atomic E-state index is -1.12. The minimum absolute atomic E-state index is 0.0332. The first-order valence-electron chi connectivity index (χ1n) is 8.15. The monoisotopic (exact) mass is 363 g/mol. The molecule has 3 atom stereocenters. The maximum absolute atomic E-state index is 13.0. The number of carbonyl (C=O) groups excluding carboxylic acids is 2. The number of aliphatic carboxylic acids is 1. The molecule has 0 saturated heterocycles. The van der Waals surface area contributed by atoms with Gasteiger partial charge in [0.1, 0.15) is 18.1 Å². The Kier molecular flexibility index (Phi) is 8.81. The molecule has 0 rings (SSSR count). The summed E-state index contributed by atoms with van der Waals surface area (Å²) in [7, 11) is 3.09. The quantitative estimate of drug-likeness (QED) is 0.336. The molecule has 0 spiro atoms. The van der Waals surface area contributed by atoms with E-state index in [-0.39, 0.29) is 5.57 Å². The van der Waals surface area contributed by atoms with Crippen LogP contribution in [0.25, 0.3) is 0 Å². The number of hydrogen-bond acceptors (Lipinski definition) is 4. The van der Waals surface area contributed by atoms with Crippen LogP contribution in [0.5, 0.6) is 0 Å². The van der Waals surface area contributed by atoms with E-state index < -0.39 is 41.3 Å². The van der Waals surface area contributed by atoms with Crippen LogP contribution in [0.4, 0.5) is 0 Å². The molecule has 0 aliphatic heterocycles. The van der Waals surface area contributed by atoms with Gasteiger partial charge < -0.3 is 20.6 Å². The molecule has 0 fully saturated rings. The van der Waals surface area contributed by atoms with E-state index in [9.17, 15) is 14.4 Å². The molecule has 7 heteroatoms. The van der Waals surface area contributed by atoms with E-state index in [0.717, 1.165) is 0 Å². The molecule has 0 aromatic carbocycles. The van der Waals surface area contributed by atoms with Crippen molar-refractivity contribution in [2.75, 3.05) is 14.1 Å². The molecule has 0 heterocycles. The van der Waals surface area contributed by atoms with Crippen molar-refractivity contribution in [3.05, 3.63) is 24.3 Å². The van der Waals surface area contributed by atoms with Crippen LogP contribution in [0.15, 0.2) is 24.3 Å². The number of rotatable bonds is 8. The van der Waals surface area contributed by atoms with E-state index in [1.165, 1.54) is 31.0 Å². The Bertz CT molecular complexity index is 626. The van der Waals surface area contributed by atoms with Gasteiger partial charge >= 0.3 is 5.97 Å². The lowest BCUT2D eigenvalue weighted by Gasteiger charge is -2.35. The summed E-state index contributed by atoms with van der Waals surface area (Å²) < 4.78 is 0. The van der Waals surface area contributed by atoms with Crippen LogP contribution in [0.3, 0.4) is 0 Å². The lowest BCUT2D eigenvalue weighted by molar-refractivity contribution is -0.139. The van der Waals surface area contributed by atoms with E-state index in [4.69, 9.17) is 11.5 Å². The highest BCUT2D eigenvalue weighted by Crippen LogP contribution is 2.22. The molecule has 0 radical (unpaired) electrons. The molecule has 0 aromatic heterocycles. The van der Waals surface area contributed by atoms with Gasteiger partial charge in [-0.05, 0) is 25.5 Å². The van der Waals surface area contributed by atoms with Crippen molar-refractivity contribution >= 4 is 17.8 Å². The van der Waals surface area contributed by atoms with E-state index >= 15 is 0 Å². The van der Waals surface area contributed by atoms with Crippen molar-refractivity contribution in [3.8, 4) is 12.3 Å². The Morgan fingerprint density at radius 3 is 2.19 bits per heavy atom. The number of amides is 2. The van der Waals surface area contributed by atoms with Crippen molar-refractivity contribution in [2.45, 2.75) is 45.8 Å². The fourth-order valence-electron chi connectivity index (χ4n) is 2.16. The van der Waals surface area contributed by atoms with Gasteiger partial charge in [0, 0.05) is 12.6 Å². The first-order chi connectivity index (χ1) is 11.9. The predicted molar refractivity (Wildman–Crippen MR) is 101 cm³/mol. The number of carboxylic acids is 1. The van der Waals surface area contributed by atoms with Gasteiger partial charge in [-0.25, -0.2) is 4.79 Å². The van der Waals surface area contributed by atoms with Gasteiger partial charge in [-0.3, -0.25) is 9.59 Å². The van der Waals surface area contributed by atoms with Gasteiger partial charge in [0.25, 0.3) is 0 Å². The summed E-state index contributed by atoms with van der Waals surface area (Å²) in [6.07, 6.45) is 8.23. The van der Waals surface area contributed by atoms with Crippen LogP contribution in [-0.2, 0) is 14.4 Å². The maximum Gasteiger partial charge on any atom is 0.331 e. The summed E-state index contributed by atoms with van der Waals surface area (Å²) in [5, 5.41) is 14.5. The fourth-order valence-corrected chi connectivity index (χ4v) is 2.16. The van der Waals surface area contributed by atoms with Crippen LogP contribution >= 0.6 is 0 Å². The van der Waals surface area contributed by atoms with Crippen molar-refractivity contribution < 1.29 is 19.5 Å². The normalized spacial score (nSPS) is 15.2. The highest BCUT2D eigenvalue weighted by atomic mass is 16.4. The van der Waals surface area contributed by atoms with Gasteiger partial charge in [-0.15, -0.1) is 13.0 Å². The zero-order chi connectivity index (χ0) is 20.7. The molecule has 7 nitrogen and oxygen atoms in total. The first kappa shape index (κ1) is 23.4. The Hall–Kier alpha value is -2.59. The number of nitrogens with one attached hydrogen (secondary N) is 2. The van der Waals surface area contributed by atoms with E-state index in [1.54, 1.807) is 7.05 Å². The molecule has 2 amide bonds.